The Hall–Kier alpha value is -2.24. The van der Waals surface area contributed by atoms with Crippen molar-refractivity contribution in [1.29, 1.82) is 0 Å². The summed E-state index contributed by atoms with van der Waals surface area (Å²) >= 11 is 0. The van der Waals surface area contributed by atoms with Crippen LogP contribution in [0.1, 0.15) is 37.6 Å². The van der Waals surface area contributed by atoms with Gasteiger partial charge in [-0.05, 0) is 39.0 Å². The standard InChI is InChI=1S/C15H23N3O3/c1-15(2,3)18-13(19)7-8-17-12-6-5-10(16)9-11(12)14(20)21-4/h5-6,9,17H,7-8,16H2,1-4H3,(H,18,19). The van der Waals surface area contributed by atoms with Gasteiger partial charge in [0.15, 0.2) is 0 Å². The fraction of sp³-hybridized carbons (Fsp3) is 0.467. The molecule has 0 bridgehead atoms. The van der Waals surface area contributed by atoms with Gasteiger partial charge in [-0.2, -0.15) is 0 Å². The summed E-state index contributed by atoms with van der Waals surface area (Å²) in [6, 6.07) is 4.93. The molecule has 0 aliphatic rings. The van der Waals surface area contributed by atoms with E-state index in [4.69, 9.17) is 10.5 Å². The molecule has 0 heterocycles. The molecule has 0 spiro atoms. The van der Waals surface area contributed by atoms with Crippen LogP contribution in [0.5, 0.6) is 0 Å². The van der Waals surface area contributed by atoms with Crippen molar-refractivity contribution in [3.05, 3.63) is 23.8 Å². The number of hydrogen-bond donors (Lipinski definition) is 3. The third-order valence-corrected chi connectivity index (χ3v) is 2.63. The Labute approximate surface area is 125 Å². The van der Waals surface area contributed by atoms with Crippen LogP contribution in [0.25, 0.3) is 0 Å². The lowest BCUT2D eigenvalue weighted by Gasteiger charge is -2.20. The van der Waals surface area contributed by atoms with E-state index in [0.717, 1.165) is 0 Å². The summed E-state index contributed by atoms with van der Waals surface area (Å²) in [4.78, 5) is 23.4. The van der Waals surface area contributed by atoms with Crippen LogP contribution < -0.4 is 16.4 Å². The van der Waals surface area contributed by atoms with E-state index in [1.165, 1.54) is 7.11 Å². The normalized spacial score (nSPS) is 10.9. The maximum atomic E-state index is 11.7. The Morgan fingerprint density at radius 2 is 1.95 bits per heavy atom. The second-order valence-corrected chi connectivity index (χ2v) is 5.77. The van der Waals surface area contributed by atoms with Gasteiger partial charge in [-0.25, -0.2) is 4.79 Å². The van der Waals surface area contributed by atoms with Crippen molar-refractivity contribution >= 4 is 23.3 Å². The van der Waals surface area contributed by atoms with E-state index >= 15 is 0 Å². The first kappa shape index (κ1) is 16.8. The lowest BCUT2D eigenvalue weighted by molar-refractivity contribution is -0.122. The predicted molar refractivity (Wildman–Crippen MR) is 83.2 cm³/mol. The summed E-state index contributed by atoms with van der Waals surface area (Å²) < 4.78 is 4.71. The largest absolute Gasteiger partial charge is 0.465 e. The third kappa shape index (κ3) is 5.72. The Kier molecular flexibility index (Phi) is 5.58. The second-order valence-electron chi connectivity index (χ2n) is 5.77. The summed E-state index contributed by atoms with van der Waals surface area (Å²) in [5.74, 6) is -0.519. The average Bonchev–Trinajstić information content (AvgIpc) is 2.37. The lowest BCUT2D eigenvalue weighted by atomic mass is 10.1. The molecule has 1 aromatic carbocycles. The minimum atomic E-state index is -0.469. The zero-order valence-corrected chi connectivity index (χ0v) is 12.9. The molecule has 0 saturated carbocycles. The highest BCUT2D eigenvalue weighted by molar-refractivity contribution is 5.96. The number of hydrogen-bond acceptors (Lipinski definition) is 5. The molecule has 1 aromatic rings. The van der Waals surface area contributed by atoms with Crippen molar-refractivity contribution in [2.45, 2.75) is 32.7 Å². The Bertz CT molecular complexity index is 521. The van der Waals surface area contributed by atoms with E-state index in [1.54, 1.807) is 18.2 Å². The number of rotatable bonds is 5. The maximum Gasteiger partial charge on any atom is 0.340 e. The zero-order chi connectivity index (χ0) is 16.0. The number of anilines is 2. The van der Waals surface area contributed by atoms with Crippen molar-refractivity contribution < 1.29 is 14.3 Å². The van der Waals surface area contributed by atoms with E-state index in [2.05, 4.69) is 10.6 Å². The Balaban J connectivity index is 2.64. The van der Waals surface area contributed by atoms with Crippen molar-refractivity contribution in [1.82, 2.24) is 5.32 Å². The molecule has 0 unspecified atom stereocenters. The van der Waals surface area contributed by atoms with E-state index in [-0.39, 0.29) is 11.4 Å². The first-order chi connectivity index (χ1) is 9.73. The second kappa shape index (κ2) is 6.97. The number of amides is 1. The molecule has 0 saturated heterocycles. The van der Waals surface area contributed by atoms with Crippen LogP contribution >= 0.6 is 0 Å². The summed E-state index contributed by atoms with van der Waals surface area (Å²) in [5, 5.41) is 5.93. The molecule has 6 heteroatoms. The van der Waals surface area contributed by atoms with Gasteiger partial charge in [-0.15, -0.1) is 0 Å². The molecule has 6 nitrogen and oxygen atoms in total. The van der Waals surface area contributed by atoms with E-state index < -0.39 is 5.97 Å². The molecule has 0 fully saturated rings. The molecule has 0 aliphatic heterocycles. The summed E-state index contributed by atoms with van der Waals surface area (Å²) in [6.45, 7) is 6.19. The zero-order valence-electron chi connectivity index (χ0n) is 12.9. The van der Waals surface area contributed by atoms with Crippen LogP contribution in [0, 0.1) is 0 Å². The first-order valence-corrected chi connectivity index (χ1v) is 6.75. The quantitative estimate of drug-likeness (QED) is 0.568. The molecule has 21 heavy (non-hydrogen) atoms. The monoisotopic (exact) mass is 293 g/mol. The summed E-state index contributed by atoms with van der Waals surface area (Å²) in [7, 11) is 1.31. The maximum absolute atomic E-state index is 11.7. The molecule has 0 radical (unpaired) electrons. The average molecular weight is 293 g/mol. The van der Waals surface area contributed by atoms with Crippen LogP contribution in [-0.4, -0.2) is 31.1 Å². The molecule has 0 aromatic heterocycles. The van der Waals surface area contributed by atoms with Gasteiger partial charge in [0.25, 0.3) is 0 Å². The number of nitrogen functional groups attached to an aromatic ring is 1. The van der Waals surface area contributed by atoms with Gasteiger partial charge in [-0.3, -0.25) is 4.79 Å². The van der Waals surface area contributed by atoms with Crippen LogP contribution in [-0.2, 0) is 9.53 Å². The molecular formula is C15H23N3O3. The van der Waals surface area contributed by atoms with Crippen molar-refractivity contribution in [2.24, 2.45) is 0 Å². The number of nitrogens with one attached hydrogen (secondary N) is 2. The van der Waals surface area contributed by atoms with Crippen LogP contribution in [0.15, 0.2) is 18.2 Å². The van der Waals surface area contributed by atoms with E-state index in [0.29, 0.717) is 29.9 Å². The lowest BCUT2D eigenvalue weighted by Crippen LogP contribution is -2.41. The van der Waals surface area contributed by atoms with Crippen LogP contribution in [0.3, 0.4) is 0 Å². The number of ether oxygens (including phenoxy) is 1. The van der Waals surface area contributed by atoms with Crippen LogP contribution in [0.4, 0.5) is 11.4 Å². The summed E-state index contributed by atoms with van der Waals surface area (Å²) in [6.07, 6.45) is 0.308. The third-order valence-electron chi connectivity index (χ3n) is 2.63. The van der Waals surface area contributed by atoms with Crippen molar-refractivity contribution in [3.8, 4) is 0 Å². The number of methoxy groups -OCH3 is 1. The van der Waals surface area contributed by atoms with Gasteiger partial charge in [0.05, 0.1) is 12.7 Å². The van der Waals surface area contributed by atoms with Gasteiger partial charge in [-0.1, -0.05) is 0 Å². The number of carbonyl (C=O) groups excluding carboxylic acids is 2. The topological polar surface area (TPSA) is 93.4 Å². The highest BCUT2D eigenvalue weighted by atomic mass is 16.5. The number of carbonyl (C=O) groups is 2. The predicted octanol–water partition coefficient (Wildman–Crippen LogP) is 1.77. The fourth-order valence-electron chi connectivity index (χ4n) is 1.79. The molecule has 4 N–H and O–H groups in total. The molecule has 0 aliphatic carbocycles. The van der Waals surface area contributed by atoms with Gasteiger partial charge >= 0.3 is 5.97 Å². The molecule has 116 valence electrons. The van der Waals surface area contributed by atoms with Gasteiger partial charge in [0.2, 0.25) is 5.91 Å². The number of nitrogens with two attached hydrogens (primary N) is 1. The fourth-order valence-corrected chi connectivity index (χ4v) is 1.79. The Morgan fingerprint density at radius 1 is 1.29 bits per heavy atom. The highest BCUT2D eigenvalue weighted by Gasteiger charge is 2.15. The van der Waals surface area contributed by atoms with E-state index in [9.17, 15) is 9.59 Å². The van der Waals surface area contributed by atoms with Gasteiger partial charge in [0, 0.05) is 29.9 Å². The minimum Gasteiger partial charge on any atom is -0.465 e. The minimum absolute atomic E-state index is 0.0509. The van der Waals surface area contributed by atoms with Crippen molar-refractivity contribution in [3.63, 3.8) is 0 Å². The highest BCUT2D eigenvalue weighted by Crippen LogP contribution is 2.19. The van der Waals surface area contributed by atoms with Gasteiger partial charge < -0.3 is 21.1 Å². The number of esters is 1. The molecular weight excluding hydrogens is 270 g/mol. The number of benzene rings is 1. The molecule has 0 atom stereocenters. The first-order valence-electron chi connectivity index (χ1n) is 6.75. The van der Waals surface area contributed by atoms with E-state index in [1.807, 2.05) is 20.8 Å². The molecule has 1 rings (SSSR count). The van der Waals surface area contributed by atoms with Crippen molar-refractivity contribution in [2.75, 3.05) is 24.7 Å². The smallest absolute Gasteiger partial charge is 0.340 e. The molecule has 1 amide bonds. The Morgan fingerprint density at radius 3 is 2.52 bits per heavy atom. The SMILES string of the molecule is COC(=O)c1cc(N)ccc1NCCC(=O)NC(C)(C)C. The van der Waals surface area contributed by atoms with Crippen LogP contribution in [0.2, 0.25) is 0 Å². The van der Waals surface area contributed by atoms with Gasteiger partial charge in [0.1, 0.15) is 0 Å². The summed E-state index contributed by atoms with van der Waals surface area (Å²) in [5.41, 5.74) is 6.84.